The van der Waals surface area contributed by atoms with Gasteiger partial charge in [0.2, 0.25) is 0 Å². The Balaban J connectivity index is 1.78. The van der Waals surface area contributed by atoms with E-state index in [2.05, 4.69) is 10.6 Å². The molecule has 2 aromatic carbocycles. The summed E-state index contributed by atoms with van der Waals surface area (Å²) in [5.41, 5.74) is 0. The molecular formula is C18H24N2O4. The molecule has 0 spiro atoms. The normalized spacial score (nSPS) is 13.3. The van der Waals surface area contributed by atoms with Gasteiger partial charge in [-0.15, -0.1) is 0 Å². The molecule has 2 amide bonds. The maximum atomic E-state index is 11.7. The number of ether oxygens (including phenoxy) is 2. The minimum atomic E-state index is -0.799. The lowest BCUT2D eigenvalue weighted by Gasteiger charge is -2.16. The maximum Gasteiger partial charge on any atom is 0.315 e. The first-order valence-corrected chi connectivity index (χ1v) is 7.92. The van der Waals surface area contributed by atoms with Crippen molar-refractivity contribution in [2.24, 2.45) is 0 Å². The molecule has 0 heterocycles. The van der Waals surface area contributed by atoms with Crippen LogP contribution in [0.2, 0.25) is 0 Å². The van der Waals surface area contributed by atoms with Crippen molar-refractivity contribution in [3.05, 3.63) is 42.5 Å². The summed E-state index contributed by atoms with van der Waals surface area (Å²) in [7, 11) is 1.57. The molecule has 0 aliphatic carbocycles. The highest BCUT2D eigenvalue weighted by Gasteiger charge is 2.11. The zero-order valence-electron chi connectivity index (χ0n) is 14.0. The third kappa shape index (κ3) is 5.40. The van der Waals surface area contributed by atoms with Crippen LogP contribution in [-0.2, 0) is 4.74 Å². The third-order valence-electron chi connectivity index (χ3n) is 3.47. The third-order valence-corrected chi connectivity index (χ3v) is 3.47. The fourth-order valence-electron chi connectivity index (χ4n) is 2.34. The average molecular weight is 332 g/mol. The molecule has 0 aromatic heterocycles. The fourth-order valence-corrected chi connectivity index (χ4v) is 2.34. The second kappa shape index (κ2) is 9.10. The van der Waals surface area contributed by atoms with Gasteiger partial charge < -0.3 is 25.2 Å². The van der Waals surface area contributed by atoms with Gasteiger partial charge in [-0.2, -0.15) is 0 Å². The number of benzene rings is 2. The van der Waals surface area contributed by atoms with Crippen LogP contribution in [0.3, 0.4) is 0 Å². The first-order chi connectivity index (χ1) is 11.6. The minimum absolute atomic E-state index is 0.0981. The van der Waals surface area contributed by atoms with E-state index in [1.54, 1.807) is 7.11 Å². The summed E-state index contributed by atoms with van der Waals surface area (Å²) in [5.74, 6) is 0.713. The molecule has 2 rings (SSSR count). The summed E-state index contributed by atoms with van der Waals surface area (Å²) in [4.78, 5) is 11.7. The molecular weight excluding hydrogens is 308 g/mol. The standard InChI is InChI=1S/C18H24N2O4/c1-13(11-23-2)20-18(22)19-10-15(21)12-24-17-9-5-7-14-6-3-4-8-16(14)17/h3-9,13,15,21H,10-12H2,1-2H3,(H2,19,20,22). The number of carbonyl (C=O) groups is 1. The molecule has 24 heavy (non-hydrogen) atoms. The van der Waals surface area contributed by atoms with Gasteiger partial charge in [0.15, 0.2) is 0 Å². The quantitative estimate of drug-likeness (QED) is 0.690. The first-order valence-electron chi connectivity index (χ1n) is 7.92. The zero-order valence-corrected chi connectivity index (χ0v) is 14.0. The summed E-state index contributed by atoms with van der Waals surface area (Å²) in [5, 5.41) is 17.4. The van der Waals surface area contributed by atoms with Crippen LogP contribution < -0.4 is 15.4 Å². The number of aliphatic hydroxyl groups is 1. The van der Waals surface area contributed by atoms with E-state index in [0.717, 1.165) is 10.8 Å². The van der Waals surface area contributed by atoms with Gasteiger partial charge in [0.1, 0.15) is 18.5 Å². The second-order valence-electron chi connectivity index (χ2n) is 5.65. The number of fused-ring (bicyclic) bond motifs is 1. The van der Waals surface area contributed by atoms with Gasteiger partial charge in [-0.3, -0.25) is 0 Å². The molecule has 0 fully saturated rings. The van der Waals surface area contributed by atoms with Crippen molar-refractivity contribution < 1.29 is 19.4 Å². The van der Waals surface area contributed by atoms with E-state index in [-0.39, 0.29) is 25.2 Å². The Labute approximate surface area is 141 Å². The van der Waals surface area contributed by atoms with Crippen LogP contribution in [0.1, 0.15) is 6.92 Å². The van der Waals surface area contributed by atoms with Crippen molar-refractivity contribution >= 4 is 16.8 Å². The van der Waals surface area contributed by atoms with Crippen LogP contribution in [0.5, 0.6) is 5.75 Å². The number of hydrogen-bond acceptors (Lipinski definition) is 4. The SMILES string of the molecule is COCC(C)NC(=O)NCC(O)COc1cccc2ccccc12. The Kier molecular flexibility index (Phi) is 6.84. The molecule has 6 heteroatoms. The number of urea groups is 1. The smallest absolute Gasteiger partial charge is 0.315 e. The largest absolute Gasteiger partial charge is 0.490 e. The van der Waals surface area contributed by atoms with Crippen LogP contribution in [-0.4, -0.2) is 50.2 Å². The maximum absolute atomic E-state index is 11.7. The van der Waals surface area contributed by atoms with Gasteiger partial charge >= 0.3 is 6.03 Å². The van der Waals surface area contributed by atoms with Gasteiger partial charge in [0.25, 0.3) is 0 Å². The Morgan fingerprint density at radius 3 is 2.71 bits per heavy atom. The predicted molar refractivity (Wildman–Crippen MR) is 93.3 cm³/mol. The molecule has 0 aliphatic rings. The van der Waals surface area contributed by atoms with Gasteiger partial charge in [-0.25, -0.2) is 4.79 Å². The Morgan fingerprint density at radius 1 is 1.17 bits per heavy atom. The van der Waals surface area contributed by atoms with E-state index in [4.69, 9.17) is 9.47 Å². The summed E-state index contributed by atoms with van der Waals surface area (Å²) >= 11 is 0. The molecule has 130 valence electrons. The summed E-state index contributed by atoms with van der Waals surface area (Å²) < 4.78 is 10.6. The molecule has 2 atom stereocenters. The van der Waals surface area contributed by atoms with Gasteiger partial charge in [0.05, 0.1) is 12.6 Å². The van der Waals surface area contributed by atoms with E-state index >= 15 is 0 Å². The van der Waals surface area contributed by atoms with Crippen LogP contribution >= 0.6 is 0 Å². The van der Waals surface area contributed by atoms with Crippen molar-refractivity contribution in [2.75, 3.05) is 26.9 Å². The molecule has 0 bridgehead atoms. The van der Waals surface area contributed by atoms with Crippen molar-refractivity contribution in [1.29, 1.82) is 0 Å². The van der Waals surface area contributed by atoms with E-state index in [1.165, 1.54) is 0 Å². The van der Waals surface area contributed by atoms with Crippen LogP contribution in [0, 0.1) is 0 Å². The van der Waals surface area contributed by atoms with Crippen molar-refractivity contribution in [3.63, 3.8) is 0 Å². The van der Waals surface area contributed by atoms with Gasteiger partial charge in [-0.05, 0) is 18.4 Å². The Bertz CT molecular complexity index is 657. The lowest BCUT2D eigenvalue weighted by Crippen LogP contribution is -2.45. The van der Waals surface area contributed by atoms with Crippen LogP contribution in [0.15, 0.2) is 42.5 Å². The van der Waals surface area contributed by atoms with Crippen molar-refractivity contribution in [2.45, 2.75) is 19.1 Å². The topological polar surface area (TPSA) is 79.8 Å². The first kappa shape index (κ1) is 18.0. The highest BCUT2D eigenvalue weighted by molar-refractivity contribution is 5.88. The number of nitrogens with one attached hydrogen (secondary N) is 2. The number of aliphatic hydroxyl groups excluding tert-OH is 1. The summed E-state index contributed by atoms with van der Waals surface area (Å²) in [6.45, 7) is 2.47. The van der Waals surface area contributed by atoms with E-state index in [9.17, 15) is 9.90 Å². The summed E-state index contributed by atoms with van der Waals surface area (Å²) in [6.07, 6.45) is -0.799. The molecule has 0 aliphatic heterocycles. The number of rotatable bonds is 8. The van der Waals surface area contributed by atoms with Crippen LogP contribution in [0.4, 0.5) is 4.79 Å². The number of hydrogen-bond donors (Lipinski definition) is 3. The number of amides is 2. The highest BCUT2D eigenvalue weighted by Crippen LogP contribution is 2.25. The lowest BCUT2D eigenvalue weighted by molar-refractivity contribution is 0.108. The van der Waals surface area contributed by atoms with Crippen molar-refractivity contribution in [1.82, 2.24) is 10.6 Å². The molecule has 0 saturated heterocycles. The Morgan fingerprint density at radius 2 is 1.92 bits per heavy atom. The van der Waals surface area contributed by atoms with Gasteiger partial charge in [0, 0.05) is 19.0 Å². The number of carbonyl (C=O) groups excluding carboxylic acids is 1. The molecule has 0 saturated carbocycles. The average Bonchev–Trinajstić information content (AvgIpc) is 2.58. The van der Waals surface area contributed by atoms with Crippen LogP contribution in [0.25, 0.3) is 10.8 Å². The molecule has 6 nitrogen and oxygen atoms in total. The summed E-state index contributed by atoms with van der Waals surface area (Å²) in [6, 6.07) is 13.2. The Hall–Kier alpha value is -2.31. The van der Waals surface area contributed by atoms with E-state index in [1.807, 2.05) is 49.4 Å². The zero-order chi connectivity index (χ0) is 17.4. The molecule has 0 radical (unpaired) electrons. The lowest BCUT2D eigenvalue weighted by atomic mass is 10.1. The van der Waals surface area contributed by atoms with E-state index < -0.39 is 6.10 Å². The van der Waals surface area contributed by atoms with E-state index in [0.29, 0.717) is 12.4 Å². The monoisotopic (exact) mass is 332 g/mol. The molecule has 2 unspecified atom stereocenters. The predicted octanol–water partition coefficient (Wildman–Crippen LogP) is 1.91. The number of methoxy groups -OCH3 is 1. The van der Waals surface area contributed by atoms with Gasteiger partial charge in [-0.1, -0.05) is 36.4 Å². The fraction of sp³-hybridized carbons (Fsp3) is 0.389. The second-order valence-corrected chi connectivity index (χ2v) is 5.65. The molecule has 3 N–H and O–H groups in total. The highest BCUT2D eigenvalue weighted by atomic mass is 16.5. The minimum Gasteiger partial charge on any atom is -0.490 e. The molecule has 2 aromatic rings. The van der Waals surface area contributed by atoms with Crippen molar-refractivity contribution in [3.8, 4) is 5.75 Å².